The summed E-state index contributed by atoms with van der Waals surface area (Å²) in [6, 6.07) is 11.7. The molecule has 0 fully saturated rings. The van der Waals surface area contributed by atoms with E-state index in [1.165, 1.54) is 0 Å². The molecule has 0 saturated heterocycles. The standard InChI is InChI=1S/C13H12BrClO3S/c14-12-4-2-11-9-13(5-3-10(11)8-12)18-6-1-7-19(15,16)17/h2-5,8-9H,1,6-7H2. The second-order valence-corrected chi connectivity index (χ2v) is 7.91. The Hall–Kier alpha value is -0.780. The zero-order chi connectivity index (χ0) is 13.9. The van der Waals surface area contributed by atoms with Gasteiger partial charge in [-0.05, 0) is 41.5 Å². The summed E-state index contributed by atoms with van der Waals surface area (Å²) in [5.74, 6) is 0.650. The lowest BCUT2D eigenvalue weighted by molar-refractivity contribution is 0.318. The first-order valence-corrected chi connectivity index (χ1v) is 8.96. The van der Waals surface area contributed by atoms with Gasteiger partial charge in [-0.15, -0.1) is 0 Å². The van der Waals surface area contributed by atoms with Gasteiger partial charge in [0.05, 0.1) is 12.4 Å². The minimum absolute atomic E-state index is 0.0743. The molecule has 0 radical (unpaired) electrons. The van der Waals surface area contributed by atoms with Crippen LogP contribution >= 0.6 is 26.6 Å². The van der Waals surface area contributed by atoms with E-state index in [1.807, 2.05) is 36.4 Å². The van der Waals surface area contributed by atoms with Crippen LogP contribution in [0, 0.1) is 0 Å². The molecule has 6 heteroatoms. The molecule has 19 heavy (non-hydrogen) atoms. The molecule has 0 aliphatic heterocycles. The van der Waals surface area contributed by atoms with Gasteiger partial charge in [-0.25, -0.2) is 8.42 Å². The third kappa shape index (κ3) is 4.67. The SMILES string of the molecule is O=S(=O)(Cl)CCCOc1ccc2cc(Br)ccc2c1. The van der Waals surface area contributed by atoms with Crippen molar-refractivity contribution in [3.8, 4) is 5.75 Å². The second kappa shape index (κ2) is 6.11. The van der Waals surface area contributed by atoms with E-state index < -0.39 is 9.05 Å². The smallest absolute Gasteiger partial charge is 0.232 e. The van der Waals surface area contributed by atoms with Crippen LogP contribution in [0.15, 0.2) is 40.9 Å². The van der Waals surface area contributed by atoms with Crippen molar-refractivity contribution in [2.45, 2.75) is 6.42 Å². The van der Waals surface area contributed by atoms with Crippen molar-refractivity contribution in [3.63, 3.8) is 0 Å². The summed E-state index contributed by atoms with van der Waals surface area (Å²) in [6.07, 6.45) is 0.379. The fraction of sp³-hybridized carbons (Fsp3) is 0.231. The fourth-order valence-electron chi connectivity index (χ4n) is 1.71. The molecule has 0 spiro atoms. The summed E-state index contributed by atoms with van der Waals surface area (Å²) in [7, 11) is 1.69. The van der Waals surface area contributed by atoms with Gasteiger partial charge in [0.15, 0.2) is 0 Å². The maximum absolute atomic E-state index is 10.8. The van der Waals surface area contributed by atoms with E-state index in [0.29, 0.717) is 13.0 Å². The van der Waals surface area contributed by atoms with Gasteiger partial charge in [0.2, 0.25) is 9.05 Å². The van der Waals surface area contributed by atoms with E-state index in [0.717, 1.165) is 21.0 Å². The van der Waals surface area contributed by atoms with Crippen LogP contribution in [0.5, 0.6) is 5.75 Å². The number of ether oxygens (including phenoxy) is 1. The summed E-state index contributed by atoms with van der Waals surface area (Å²) < 4.78 is 28.0. The van der Waals surface area contributed by atoms with E-state index >= 15 is 0 Å². The third-order valence-corrected chi connectivity index (χ3v) is 4.31. The highest BCUT2D eigenvalue weighted by Gasteiger charge is 2.05. The van der Waals surface area contributed by atoms with Gasteiger partial charge in [0.1, 0.15) is 5.75 Å². The molecule has 0 unspecified atom stereocenters. The van der Waals surface area contributed by atoms with Gasteiger partial charge >= 0.3 is 0 Å². The molecule has 0 saturated carbocycles. The predicted molar refractivity (Wildman–Crippen MR) is 81.4 cm³/mol. The van der Waals surface area contributed by atoms with E-state index in [9.17, 15) is 8.42 Å². The van der Waals surface area contributed by atoms with Crippen molar-refractivity contribution >= 4 is 46.4 Å². The van der Waals surface area contributed by atoms with Gasteiger partial charge in [0.25, 0.3) is 0 Å². The average Bonchev–Trinajstić information content (AvgIpc) is 2.33. The first-order valence-electron chi connectivity index (χ1n) is 5.68. The van der Waals surface area contributed by atoms with Gasteiger partial charge in [-0.3, -0.25) is 0 Å². The molecular formula is C13H12BrClO3S. The molecule has 0 atom stereocenters. The maximum Gasteiger partial charge on any atom is 0.232 e. The summed E-state index contributed by atoms with van der Waals surface area (Å²) in [6.45, 7) is 0.327. The molecule has 0 aromatic heterocycles. The minimum atomic E-state index is -3.43. The molecule has 102 valence electrons. The van der Waals surface area contributed by atoms with Gasteiger partial charge in [-0.1, -0.05) is 28.1 Å². The van der Waals surface area contributed by atoms with Crippen molar-refractivity contribution < 1.29 is 13.2 Å². The zero-order valence-electron chi connectivity index (χ0n) is 9.97. The molecule has 0 aliphatic rings. The summed E-state index contributed by atoms with van der Waals surface area (Å²) in [4.78, 5) is 0. The van der Waals surface area contributed by atoms with E-state index in [2.05, 4.69) is 15.9 Å². The number of rotatable bonds is 5. The molecule has 3 nitrogen and oxygen atoms in total. The van der Waals surface area contributed by atoms with Crippen LogP contribution in [-0.2, 0) is 9.05 Å². The van der Waals surface area contributed by atoms with Crippen LogP contribution < -0.4 is 4.74 Å². The average molecular weight is 364 g/mol. The quantitative estimate of drug-likeness (QED) is 0.597. The normalized spacial score (nSPS) is 11.7. The Kier molecular flexibility index (Phi) is 4.71. The first kappa shape index (κ1) is 14.6. The van der Waals surface area contributed by atoms with E-state index in [-0.39, 0.29) is 5.75 Å². The molecule has 0 aliphatic carbocycles. The number of halogens is 2. The number of fused-ring (bicyclic) bond motifs is 1. The number of hydrogen-bond acceptors (Lipinski definition) is 3. The highest BCUT2D eigenvalue weighted by molar-refractivity contribution is 9.10. The molecule has 0 bridgehead atoms. The maximum atomic E-state index is 10.8. The largest absolute Gasteiger partial charge is 0.494 e. The first-order chi connectivity index (χ1) is 8.94. The van der Waals surface area contributed by atoms with Gasteiger partial charge in [0, 0.05) is 15.2 Å². The molecule has 2 aromatic rings. The lowest BCUT2D eigenvalue weighted by atomic mass is 10.1. The van der Waals surface area contributed by atoms with Crippen LogP contribution in [-0.4, -0.2) is 20.8 Å². The highest BCUT2D eigenvalue weighted by atomic mass is 79.9. The number of hydrogen-bond donors (Lipinski definition) is 0. The second-order valence-electron chi connectivity index (χ2n) is 4.10. The fourth-order valence-corrected chi connectivity index (χ4v) is 2.87. The van der Waals surface area contributed by atoms with Crippen molar-refractivity contribution in [1.29, 1.82) is 0 Å². The van der Waals surface area contributed by atoms with Crippen molar-refractivity contribution in [2.75, 3.05) is 12.4 Å². The Bertz CT molecular complexity index is 685. The Morgan fingerprint density at radius 2 is 1.79 bits per heavy atom. The van der Waals surface area contributed by atoms with Gasteiger partial charge in [-0.2, -0.15) is 0 Å². The van der Waals surface area contributed by atoms with Crippen molar-refractivity contribution in [2.24, 2.45) is 0 Å². The van der Waals surface area contributed by atoms with Crippen LogP contribution in [0.4, 0.5) is 0 Å². The third-order valence-electron chi connectivity index (χ3n) is 2.57. The molecule has 0 N–H and O–H groups in total. The highest BCUT2D eigenvalue weighted by Crippen LogP contribution is 2.24. The monoisotopic (exact) mass is 362 g/mol. The van der Waals surface area contributed by atoms with Crippen LogP contribution in [0.25, 0.3) is 10.8 Å². The lowest BCUT2D eigenvalue weighted by Gasteiger charge is -2.07. The Morgan fingerprint density at radius 3 is 2.53 bits per heavy atom. The van der Waals surface area contributed by atoms with E-state index in [1.54, 1.807) is 0 Å². The Balaban J connectivity index is 2.00. The molecule has 0 amide bonds. The topological polar surface area (TPSA) is 43.4 Å². The minimum Gasteiger partial charge on any atom is -0.494 e. The van der Waals surface area contributed by atoms with Crippen molar-refractivity contribution in [1.82, 2.24) is 0 Å². The summed E-state index contributed by atoms with van der Waals surface area (Å²) in [5, 5.41) is 2.19. The molecule has 2 rings (SSSR count). The van der Waals surface area contributed by atoms with Crippen LogP contribution in [0.3, 0.4) is 0 Å². The Morgan fingerprint density at radius 1 is 1.11 bits per heavy atom. The summed E-state index contributed by atoms with van der Waals surface area (Å²) in [5.41, 5.74) is 0. The predicted octanol–water partition coefficient (Wildman–Crippen LogP) is 3.94. The lowest BCUT2D eigenvalue weighted by Crippen LogP contribution is -2.04. The van der Waals surface area contributed by atoms with Crippen LogP contribution in [0.1, 0.15) is 6.42 Å². The van der Waals surface area contributed by atoms with E-state index in [4.69, 9.17) is 15.4 Å². The van der Waals surface area contributed by atoms with Gasteiger partial charge < -0.3 is 4.74 Å². The van der Waals surface area contributed by atoms with Crippen LogP contribution in [0.2, 0.25) is 0 Å². The zero-order valence-corrected chi connectivity index (χ0v) is 13.1. The Labute approximate surface area is 125 Å². The summed E-state index contributed by atoms with van der Waals surface area (Å²) >= 11 is 3.42. The molecular weight excluding hydrogens is 352 g/mol. The number of benzene rings is 2. The van der Waals surface area contributed by atoms with Crippen molar-refractivity contribution in [3.05, 3.63) is 40.9 Å². The molecule has 2 aromatic carbocycles. The molecule has 0 heterocycles.